The Morgan fingerprint density at radius 2 is 2.26 bits per heavy atom. The molecule has 2 saturated heterocycles. The lowest BCUT2D eigenvalue weighted by Gasteiger charge is -2.30. The van der Waals surface area contributed by atoms with Gasteiger partial charge in [-0.05, 0) is 37.6 Å². The zero-order chi connectivity index (χ0) is 19.4. The molecule has 7 nitrogen and oxygen atoms in total. The van der Waals surface area contributed by atoms with Gasteiger partial charge in [0.25, 0.3) is 0 Å². The molecule has 2 aliphatic heterocycles. The molecule has 0 spiro atoms. The van der Waals surface area contributed by atoms with Gasteiger partial charge in [0.1, 0.15) is 11.9 Å². The molecule has 2 fully saturated rings. The smallest absolute Gasteiger partial charge is 0.414 e. The second kappa shape index (κ2) is 8.56. The first kappa shape index (κ1) is 19.4. The fraction of sp³-hybridized carbons (Fsp3) is 0.579. The van der Waals surface area contributed by atoms with Crippen molar-refractivity contribution in [1.82, 2.24) is 10.6 Å². The van der Waals surface area contributed by atoms with Crippen LogP contribution in [0.25, 0.3) is 0 Å². The van der Waals surface area contributed by atoms with E-state index in [0.29, 0.717) is 11.4 Å². The van der Waals surface area contributed by atoms with Crippen molar-refractivity contribution in [2.45, 2.75) is 38.3 Å². The number of rotatable bonds is 5. The number of nitrogens with zero attached hydrogens (tertiary/aromatic N) is 2. The fourth-order valence-electron chi connectivity index (χ4n) is 3.57. The van der Waals surface area contributed by atoms with Crippen molar-refractivity contribution in [2.75, 3.05) is 43.0 Å². The van der Waals surface area contributed by atoms with Crippen LogP contribution in [0.4, 0.5) is 20.6 Å². The van der Waals surface area contributed by atoms with Crippen LogP contribution in [0, 0.1) is 5.82 Å². The minimum absolute atomic E-state index is 0.184. The van der Waals surface area contributed by atoms with Gasteiger partial charge in [-0.1, -0.05) is 6.42 Å². The molecule has 2 atom stereocenters. The van der Waals surface area contributed by atoms with Gasteiger partial charge in [-0.2, -0.15) is 0 Å². The fourth-order valence-corrected chi connectivity index (χ4v) is 3.57. The molecule has 27 heavy (non-hydrogen) atoms. The summed E-state index contributed by atoms with van der Waals surface area (Å²) in [6.07, 6.45) is 2.32. The van der Waals surface area contributed by atoms with Crippen LogP contribution in [0.2, 0.25) is 0 Å². The Bertz CT molecular complexity index is 692. The van der Waals surface area contributed by atoms with Crippen molar-refractivity contribution < 1.29 is 18.7 Å². The maximum Gasteiger partial charge on any atom is 0.414 e. The monoisotopic (exact) mass is 378 g/mol. The molecule has 0 aromatic heterocycles. The summed E-state index contributed by atoms with van der Waals surface area (Å²) in [5.41, 5.74) is 0.980. The van der Waals surface area contributed by atoms with Crippen molar-refractivity contribution in [2.24, 2.45) is 0 Å². The summed E-state index contributed by atoms with van der Waals surface area (Å²) in [6, 6.07) is 5.06. The summed E-state index contributed by atoms with van der Waals surface area (Å²) in [4.78, 5) is 26.5. The first-order valence-corrected chi connectivity index (χ1v) is 9.41. The molecule has 1 unspecified atom stereocenters. The van der Waals surface area contributed by atoms with E-state index in [2.05, 4.69) is 10.6 Å². The summed E-state index contributed by atoms with van der Waals surface area (Å²) in [7, 11) is 1.91. The van der Waals surface area contributed by atoms with Gasteiger partial charge in [-0.15, -0.1) is 0 Å². The van der Waals surface area contributed by atoms with Crippen LogP contribution in [-0.4, -0.2) is 57.4 Å². The van der Waals surface area contributed by atoms with Gasteiger partial charge < -0.3 is 20.3 Å². The number of nitrogens with one attached hydrogen (secondary N) is 2. The molecule has 2 aliphatic rings. The number of ether oxygens (including phenoxy) is 1. The Labute approximate surface area is 158 Å². The van der Waals surface area contributed by atoms with Crippen LogP contribution >= 0.6 is 0 Å². The number of likely N-dealkylation sites (N-methyl/N-ethyl adjacent to an activating group) is 1. The number of cyclic esters (lactones) is 1. The third-order valence-electron chi connectivity index (χ3n) is 5.14. The van der Waals surface area contributed by atoms with E-state index in [0.717, 1.165) is 32.4 Å². The zero-order valence-electron chi connectivity index (χ0n) is 15.8. The molecule has 2 N–H and O–H groups in total. The van der Waals surface area contributed by atoms with E-state index in [9.17, 15) is 14.0 Å². The van der Waals surface area contributed by atoms with E-state index in [-0.39, 0.29) is 30.9 Å². The average Bonchev–Trinajstić information content (AvgIpc) is 2.83. The summed E-state index contributed by atoms with van der Waals surface area (Å²) < 4.78 is 20.0. The molecular formula is C19H27FN4O3. The quantitative estimate of drug-likeness (QED) is 0.818. The minimum Gasteiger partial charge on any atom is -0.442 e. The number of halogens is 1. The lowest BCUT2D eigenvalue weighted by molar-refractivity contribution is -0.119. The van der Waals surface area contributed by atoms with Gasteiger partial charge >= 0.3 is 6.09 Å². The van der Waals surface area contributed by atoms with E-state index in [4.69, 9.17) is 4.74 Å². The molecule has 0 bridgehead atoms. The van der Waals surface area contributed by atoms with Gasteiger partial charge in [0.15, 0.2) is 0 Å². The minimum atomic E-state index is -0.529. The van der Waals surface area contributed by atoms with E-state index in [1.165, 1.54) is 17.9 Å². The third-order valence-corrected chi connectivity index (χ3v) is 5.14. The van der Waals surface area contributed by atoms with Crippen molar-refractivity contribution >= 4 is 23.4 Å². The molecule has 0 saturated carbocycles. The van der Waals surface area contributed by atoms with E-state index < -0.39 is 12.2 Å². The second-order valence-corrected chi connectivity index (χ2v) is 7.15. The van der Waals surface area contributed by atoms with E-state index in [1.807, 2.05) is 11.9 Å². The molecule has 0 radical (unpaired) electrons. The highest BCUT2D eigenvalue weighted by Gasteiger charge is 2.33. The van der Waals surface area contributed by atoms with Gasteiger partial charge in [-0.25, -0.2) is 9.18 Å². The summed E-state index contributed by atoms with van der Waals surface area (Å²) in [6.45, 7) is 3.77. The Kier molecular flexibility index (Phi) is 6.15. The maximum atomic E-state index is 14.8. The second-order valence-electron chi connectivity index (χ2n) is 7.15. The van der Waals surface area contributed by atoms with Gasteiger partial charge in [0.05, 0.1) is 24.5 Å². The normalized spacial score (nSPS) is 22.9. The largest absolute Gasteiger partial charge is 0.442 e. The molecule has 1 aromatic rings. The SMILES string of the molecule is CC(=O)NC[C@H]1CN(c2ccc(N(C)C3CCCCNC3)c(F)c2)C(=O)O1. The van der Waals surface area contributed by atoms with Crippen LogP contribution < -0.4 is 20.4 Å². The molecule has 3 rings (SSSR count). The first-order chi connectivity index (χ1) is 13.0. The lowest BCUT2D eigenvalue weighted by Crippen LogP contribution is -2.39. The Balaban J connectivity index is 1.69. The summed E-state index contributed by atoms with van der Waals surface area (Å²) >= 11 is 0. The molecular weight excluding hydrogens is 351 g/mol. The highest BCUT2D eigenvalue weighted by atomic mass is 19.1. The summed E-state index contributed by atoms with van der Waals surface area (Å²) in [5, 5.41) is 6.02. The number of carbonyl (C=O) groups excluding carboxylic acids is 2. The van der Waals surface area contributed by atoms with Crippen LogP contribution in [-0.2, 0) is 9.53 Å². The van der Waals surface area contributed by atoms with Crippen LogP contribution in [0.1, 0.15) is 26.2 Å². The van der Waals surface area contributed by atoms with Gasteiger partial charge in [0.2, 0.25) is 5.91 Å². The zero-order valence-corrected chi connectivity index (χ0v) is 15.8. The average molecular weight is 378 g/mol. The van der Waals surface area contributed by atoms with Crippen molar-refractivity contribution in [3.05, 3.63) is 24.0 Å². The number of benzene rings is 1. The first-order valence-electron chi connectivity index (χ1n) is 9.41. The lowest BCUT2D eigenvalue weighted by atomic mass is 10.1. The number of carbonyl (C=O) groups is 2. The number of anilines is 2. The Hall–Kier alpha value is -2.35. The number of amides is 2. The highest BCUT2D eigenvalue weighted by molar-refractivity contribution is 5.90. The van der Waals surface area contributed by atoms with Crippen LogP contribution in [0.5, 0.6) is 0 Å². The van der Waals surface area contributed by atoms with E-state index in [1.54, 1.807) is 12.1 Å². The van der Waals surface area contributed by atoms with Crippen molar-refractivity contribution in [1.29, 1.82) is 0 Å². The number of hydrogen-bond donors (Lipinski definition) is 2. The van der Waals surface area contributed by atoms with Crippen molar-refractivity contribution in [3.63, 3.8) is 0 Å². The Morgan fingerprint density at radius 3 is 3.00 bits per heavy atom. The predicted molar refractivity (Wildman–Crippen MR) is 102 cm³/mol. The molecule has 2 amide bonds. The molecule has 2 heterocycles. The van der Waals surface area contributed by atoms with Gasteiger partial charge in [0, 0.05) is 26.6 Å². The summed E-state index contributed by atoms with van der Waals surface area (Å²) in [5.74, 6) is -0.548. The standard InChI is InChI=1S/C19H27FN4O3/c1-13(25)22-11-16-12-24(19(26)27-16)14-6-7-18(17(20)9-14)23(2)15-5-3-4-8-21-10-15/h6-7,9,15-16,21H,3-5,8,10-12H2,1-2H3,(H,22,25)/t15?,16-/m0/s1. The third kappa shape index (κ3) is 4.68. The maximum absolute atomic E-state index is 14.8. The Morgan fingerprint density at radius 1 is 1.44 bits per heavy atom. The van der Waals surface area contributed by atoms with Crippen LogP contribution in [0.3, 0.4) is 0 Å². The predicted octanol–water partition coefficient (Wildman–Crippen LogP) is 1.87. The molecule has 8 heteroatoms. The molecule has 0 aliphatic carbocycles. The molecule has 1 aromatic carbocycles. The topological polar surface area (TPSA) is 73.9 Å². The van der Waals surface area contributed by atoms with Gasteiger partial charge in [-0.3, -0.25) is 9.69 Å². The molecule has 148 valence electrons. The highest BCUT2D eigenvalue weighted by Crippen LogP contribution is 2.29. The van der Waals surface area contributed by atoms with E-state index >= 15 is 0 Å². The van der Waals surface area contributed by atoms with Crippen molar-refractivity contribution in [3.8, 4) is 0 Å². The van der Waals surface area contributed by atoms with Crippen LogP contribution in [0.15, 0.2) is 18.2 Å². The number of hydrogen-bond acceptors (Lipinski definition) is 5.